The molecule has 5 heteroatoms. The second-order valence-electron chi connectivity index (χ2n) is 4.45. The van der Waals surface area contributed by atoms with E-state index in [-0.39, 0.29) is 24.5 Å². The third-order valence-corrected chi connectivity index (χ3v) is 3.03. The van der Waals surface area contributed by atoms with E-state index in [9.17, 15) is 4.79 Å². The maximum absolute atomic E-state index is 11.6. The van der Waals surface area contributed by atoms with Gasteiger partial charge in [-0.15, -0.1) is 12.4 Å². The molecule has 2 N–H and O–H groups in total. The molecule has 1 aliphatic rings. The quantitative estimate of drug-likeness (QED) is 0.883. The molecule has 4 nitrogen and oxygen atoms in total. The molecule has 0 bridgehead atoms. The van der Waals surface area contributed by atoms with Gasteiger partial charge in [0.05, 0.1) is 0 Å². The Kier molecular flexibility index (Phi) is 5.95. The zero-order valence-corrected chi connectivity index (χ0v) is 11.2. The first-order chi connectivity index (χ1) is 8.25. The van der Waals surface area contributed by atoms with Crippen LogP contribution in [0.4, 0.5) is 4.79 Å². The van der Waals surface area contributed by atoms with E-state index in [1.54, 1.807) is 0 Å². The van der Waals surface area contributed by atoms with E-state index < -0.39 is 0 Å². The van der Waals surface area contributed by atoms with Crippen LogP contribution in [0.2, 0.25) is 0 Å². The van der Waals surface area contributed by atoms with Crippen LogP contribution in [0.15, 0.2) is 30.3 Å². The van der Waals surface area contributed by atoms with Crippen LogP contribution in [-0.4, -0.2) is 25.2 Å². The molecule has 2 rings (SSSR count). The normalized spacial score (nSPS) is 22.1. The zero-order chi connectivity index (χ0) is 12.1. The fraction of sp³-hybridized carbons (Fsp3) is 0.462. The first-order valence-corrected chi connectivity index (χ1v) is 5.93. The van der Waals surface area contributed by atoms with E-state index in [1.165, 1.54) is 0 Å². The van der Waals surface area contributed by atoms with Gasteiger partial charge in [0.15, 0.2) is 0 Å². The average Bonchev–Trinajstić information content (AvgIpc) is 2.74. The van der Waals surface area contributed by atoms with E-state index in [2.05, 4.69) is 17.6 Å². The van der Waals surface area contributed by atoms with Gasteiger partial charge in [-0.3, -0.25) is 0 Å². The summed E-state index contributed by atoms with van der Waals surface area (Å²) in [5.41, 5.74) is 1.00. The Morgan fingerprint density at radius 3 is 2.72 bits per heavy atom. The number of ether oxygens (including phenoxy) is 1. The number of halogens is 1. The maximum atomic E-state index is 11.6. The summed E-state index contributed by atoms with van der Waals surface area (Å²) in [6, 6.07) is 9.85. The number of alkyl carbamates (subject to hydrolysis) is 1. The number of hydrogen-bond acceptors (Lipinski definition) is 3. The summed E-state index contributed by atoms with van der Waals surface area (Å²) in [6.07, 6.45) is -0.339. The number of carbonyl (C=O) groups excluding carboxylic acids is 1. The Balaban J connectivity index is 0.00000162. The van der Waals surface area contributed by atoms with Crippen molar-refractivity contribution in [3.8, 4) is 0 Å². The molecule has 18 heavy (non-hydrogen) atoms. The molecule has 0 aromatic heterocycles. The highest BCUT2D eigenvalue weighted by atomic mass is 35.5. The molecule has 1 saturated heterocycles. The Morgan fingerprint density at radius 2 is 2.11 bits per heavy atom. The van der Waals surface area contributed by atoms with Crippen molar-refractivity contribution in [3.05, 3.63) is 35.9 Å². The van der Waals surface area contributed by atoms with Crippen LogP contribution in [0.3, 0.4) is 0 Å². The van der Waals surface area contributed by atoms with Crippen LogP contribution in [0.25, 0.3) is 0 Å². The van der Waals surface area contributed by atoms with Gasteiger partial charge in [-0.05, 0) is 18.0 Å². The first kappa shape index (κ1) is 14.8. The fourth-order valence-corrected chi connectivity index (χ4v) is 1.92. The molecule has 1 aromatic carbocycles. The van der Waals surface area contributed by atoms with Gasteiger partial charge in [-0.2, -0.15) is 0 Å². The Hall–Kier alpha value is -1.26. The number of benzene rings is 1. The lowest BCUT2D eigenvalue weighted by Crippen LogP contribution is -2.39. The van der Waals surface area contributed by atoms with Crippen molar-refractivity contribution in [3.63, 3.8) is 0 Å². The molecule has 0 saturated carbocycles. The number of hydrogen-bond donors (Lipinski definition) is 2. The number of rotatable bonds is 3. The molecule has 0 radical (unpaired) electrons. The lowest BCUT2D eigenvalue weighted by atomic mass is 10.1. The van der Waals surface area contributed by atoms with Gasteiger partial charge < -0.3 is 15.4 Å². The minimum Gasteiger partial charge on any atom is -0.445 e. The molecule has 0 spiro atoms. The van der Waals surface area contributed by atoms with Crippen LogP contribution >= 0.6 is 12.4 Å². The van der Waals surface area contributed by atoms with Gasteiger partial charge >= 0.3 is 6.09 Å². The van der Waals surface area contributed by atoms with Crippen LogP contribution in [0.1, 0.15) is 12.5 Å². The lowest BCUT2D eigenvalue weighted by molar-refractivity contribution is 0.134. The van der Waals surface area contributed by atoms with Crippen molar-refractivity contribution in [2.75, 3.05) is 13.1 Å². The molecular weight excluding hydrogens is 252 g/mol. The monoisotopic (exact) mass is 270 g/mol. The molecular formula is C13H19ClN2O2. The standard InChI is InChI=1S/C13H18N2O2.ClH/c1-10-7-14-8-12(10)15-13(16)17-9-11-5-3-2-4-6-11;/h2-6,10,12,14H,7-9H2,1H3,(H,15,16);1H/t10-,12+;/m0./s1. The van der Waals surface area contributed by atoms with Gasteiger partial charge in [-0.25, -0.2) is 4.79 Å². The second kappa shape index (κ2) is 7.24. The minimum absolute atomic E-state index is 0. The highest BCUT2D eigenvalue weighted by Crippen LogP contribution is 2.08. The SMILES string of the molecule is C[C@H]1CNC[C@H]1NC(=O)OCc1ccccc1.Cl. The predicted molar refractivity (Wildman–Crippen MR) is 72.8 cm³/mol. The van der Waals surface area contributed by atoms with Gasteiger partial charge in [0.1, 0.15) is 6.61 Å². The minimum atomic E-state index is -0.339. The van der Waals surface area contributed by atoms with Crippen molar-refractivity contribution in [1.29, 1.82) is 0 Å². The average molecular weight is 271 g/mol. The molecule has 100 valence electrons. The lowest BCUT2D eigenvalue weighted by Gasteiger charge is -2.16. The predicted octanol–water partition coefficient (Wildman–Crippen LogP) is 1.94. The van der Waals surface area contributed by atoms with Crippen molar-refractivity contribution in [2.24, 2.45) is 5.92 Å². The zero-order valence-electron chi connectivity index (χ0n) is 10.4. The molecule has 1 heterocycles. The molecule has 0 aliphatic carbocycles. The maximum Gasteiger partial charge on any atom is 0.407 e. The van der Waals surface area contributed by atoms with Crippen LogP contribution in [0.5, 0.6) is 0 Å². The molecule has 1 aromatic rings. The molecule has 2 atom stereocenters. The van der Waals surface area contributed by atoms with Gasteiger partial charge in [0, 0.05) is 12.6 Å². The van der Waals surface area contributed by atoms with Crippen LogP contribution < -0.4 is 10.6 Å². The number of amides is 1. The highest BCUT2D eigenvalue weighted by Gasteiger charge is 2.24. The summed E-state index contributed by atoms with van der Waals surface area (Å²) in [7, 11) is 0. The smallest absolute Gasteiger partial charge is 0.407 e. The summed E-state index contributed by atoms with van der Waals surface area (Å²) in [5.74, 6) is 0.458. The van der Waals surface area contributed by atoms with Crippen LogP contribution in [-0.2, 0) is 11.3 Å². The topological polar surface area (TPSA) is 50.4 Å². The second-order valence-corrected chi connectivity index (χ2v) is 4.45. The van der Waals surface area contributed by atoms with E-state index in [0.29, 0.717) is 12.5 Å². The van der Waals surface area contributed by atoms with Crippen molar-refractivity contribution < 1.29 is 9.53 Å². The molecule has 1 fully saturated rings. The van der Waals surface area contributed by atoms with E-state index in [4.69, 9.17) is 4.74 Å². The van der Waals surface area contributed by atoms with Gasteiger partial charge in [0.2, 0.25) is 0 Å². The summed E-state index contributed by atoms with van der Waals surface area (Å²) in [4.78, 5) is 11.6. The van der Waals surface area contributed by atoms with E-state index >= 15 is 0 Å². The summed E-state index contributed by atoms with van der Waals surface area (Å²) >= 11 is 0. The Bertz CT molecular complexity index is 373. The first-order valence-electron chi connectivity index (χ1n) is 5.93. The largest absolute Gasteiger partial charge is 0.445 e. The van der Waals surface area contributed by atoms with Crippen LogP contribution in [0, 0.1) is 5.92 Å². The third kappa shape index (κ3) is 4.20. The van der Waals surface area contributed by atoms with Gasteiger partial charge in [-0.1, -0.05) is 37.3 Å². The Labute approximate surface area is 114 Å². The third-order valence-electron chi connectivity index (χ3n) is 3.03. The van der Waals surface area contributed by atoms with E-state index in [0.717, 1.165) is 18.7 Å². The summed E-state index contributed by atoms with van der Waals surface area (Å²) < 4.78 is 5.16. The summed E-state index contributed by atoms with van der Waals surface area (Å²) in [6.45, 7) is 4.20. The Morgan fingerprint density at radius 1 is 1.39 bits per heavy atom. The van der Waals surface area contributed by atoms with Crippen molar-refractivity contribution in [2.45, 2.75) is 19.6 Å². The molecule has 1 aliphatic heterocycles. The highest BCUT2D eigenvalue weighted by molar-refractivity contribution is 5.85. The summed E-state index contributed by atoms with van der Waals surface area (Å²) in [5, 5.41) is 6.11. The molecule has 0 unspecified atom stereocenters. The number of nitrogens with one attached hydrogen (secondary N) is 2. The van der Waals surface area contributed by atoms with Gasteiger partial charge in [0.25, 0.3) is 0 Å². The van der Waals surface area contributed by atoms with Crippen molar-refractivity contribution in [1.82, 2.24) is 10.6 Å². The fourth-order valence-electron chi connectivity index (χ4n) is 1.92. The molecule has 1 amide bonds. The van der Waals surface area contributed by atoms with E-state index in [1.807, 2.05) is 30.3 Å². The number of carbonyl (C=O) groups is 1. The van der Waals surface area contributed by atoms with Crippen molar-refractivity contribution >= 4 is 18.5 Å².